The van der Waals surface area contributed by atoms with E-state index >= 15 is 0 Å². The van der Waals surface area contributed by atoms with E-state index in [0.717, 1.165) is 0 Å². The summed E-state index contributed by atoms with van der Waals surface area (Å²) in [6.45, 7) is 2.56. The number of nitrogens with one attached hydrogen (secondary N) is 4. The van der Waals surface area contributed by atoms with Gasteiger partial charge in [-0.25, -0.2) is 9.59 Å². The fourth-order valence-electron chi connectivity index (χ4n) is 3.39. The van der Waals surface area contributed by atoms with E-state index in [4.69, 9.17) is 0 Å². The second kappa shape index (κ2) is 11.5. The van der Waals surface area contributed by atoms with Gasteiger partial charge in [-0.3, -0.25) is 19.2 Å². The zero-order valence-electron chi connectivity index (χ0n) is 20.1. The highest BCUT2D eigenvalue weighted by Gasteiger charge is 2.17. The maximum atomic E-state index is 12.7. The van der Waals surface area contributed by atoms with Gasteiger partial charge in [-0.2, -0.15) is 0 Å². The number of benzene rings is 3. The first-order valence-electron chi connectivity index (χ1n) is 11.0. The molecule has 0 heterocycles. The topological polar surface area (TPSA) is 191 Å². The van der Waals surface area contributed by atoms with Gasteiger partial charge in [-0.05, 0) is 60.7 Å². The second-order valence-electron chi connectivity index (χ2n) is 7.98. The summed E-state index contributed by atoms with van der Waals surface area (Å²) in [4.78, 5) is 71.2. The molecule has 0 aliphatic carbocycles. The number of hydrogen-bond acceptors (Lipinski definition) is 6. The van der Waals surface area contributed by atoms with Crippen LogP contribution >= 0.6 is 0 Å². The van der Waals surface area contributed by atoms with Crippen LogP contribution < -0.4 is 21.3 Å². The first-order chi connectivity index (χ1) is 17.9. The molecule has 6 N–H and O–H groups in total. The summed E-state index contributed by atoms with van der Waals surface area (Å²) in [5.74, 6) is -4.67. The van der Waals surface area contributed by atoms with Crippen LogP contribution in [0, 0.1) is 0 Å². The van der Waals surface area contributed by atoms with Crippen molar-refractivity contribution in [3.05, 3.63) is 82.9 Å². The molecule has 0 saturated carbocycles. The van der Waals surface area contributed by atoms with Crippen molar-refractivity contribution in [2.45, 2.75) is 13.8 Å². The predicted octanol–water partition coefficient (Wildman–Crippen LogP) is 3.50. The monoisotopic (exact) mass is 518 g/mol. The third-order valence-corrected chi connectivity index (χ3v) is 5.05. The summed E-state index contributed by atoms with van der Waals surface area (Å²) >= 11 is 0. The van der Waals surface area contributed by atoms with Crippen LogP contribution in [-0.4, -0.2) is 45.8 Å². The minimum atomic E-state index is -1.29. The number of carbonyl (C=O) groups is 6. The molecule has 0 spiro atoms. The number of anilines is 4. The van der Waals surface area contributed by atoms with Crippen LogP contribution in [0.3, 0.4) is 0 Å². The van der Waals surface area contributed by atoms with E-state index in [1.165, 1.54) is 74.5 Å². The molecular formula is C26H22N4O8. The predicted molar refractivity (Wildman–Crippen MR) is 138 cm³/mol. The van der Waals surface area contributed by atoms with Crippen LogP contribution in [0.4, 0.5) is 22.7 Å². The van der Waals surface area contributed by atoms with Crippen LogP contribution in [0.1, 0.15) is 55.3 Å². The molecule has 4 amide bonds. The molecule has 0 atom stereocenters. The molecule has 12 nitrogen and oxygen atoms in total. The fraction of sp³-hybridized carbons (Fsp3) is 0.0769. The van der Waals surface area contributed by atoms with Gasteiger partial charge >= 0.3 is 11.9 Å². The molecule has 0 fully saturated rings. The molecular weight excluding hydrogens is 496 g/mol. The lowest BCUT2D eigenvalue weighted by molar-refractivity contribution is -0.115. The van der Waals surface area contributed by atoms with Crippen LogP contribution in [0.15, 0.2) is 60.7 Å². The summed E-state index contributed by atoms with van der Waals surface area (Å²) in [6, 6.07) is 13.2. The van der Waals surface area contributed by atoms with Gasteiger partial charge in [0.05, 0.1) is 22.5 Å². The molecule has 194 valence electrons. The molecule has 0 aliphatic heterocycles. The van der Waals surface area contributed by atoms with Crippen molar-refractivity contribution in [2.24, 2.45) is 0 Å². The first kappa shape index (κ1) is 27.1. The molecule has 0 radical (unpaired) electrons. The van der Waals surface area contributed by atoms with Crippen LogP contribution in [0.25, 0.3) is 0 Å². The number of hydrogen-bond donors (Lipinski definition) is 6. The summed E-state index contributed by atoms with van der Waals surface area (Å²) < 4.78 is 0. The minimum absolute atomic E-state index is 0.0455. The lowest BCUT2D eigenvalue weighted by Gasteiger charge is -2.12. The van der Waals surface area contributed by atoms with Gasteiger partial charge in [-0.15, -0.1) is 0 Å². The average molecular weight is 518 g/mol. The Morgan fingerprint density at radius 2 is 0.868 bits per heavy atom. The highest BCUT2D eigenvalue weighted by molar-refractivity contribution is 6.11. The van der Waals surface area contributed by atoms with Crippen LogP contribution in [0.2, 0.25) is 0 Å². The van der Waals surface area contributed by atoms with Gasteiger partial charge in [0.25, 0.3) is 11.8 Å². The largest absolute Gasteiger partial charge is 0.478 e. The van der Waals surface area contributed by atoms with E-state index in [2.05, 4.69) is 21.3 Å². The number of aromatic carboxylic acids is 2. The lowest BCUT2D eigenvalue weighted by atomic mass is 10.1. The Labute approximate surface area is 215 Å². The zero-order valence-corrected chi connectivity index (χ0v) is 20.1. The lowest BCUT2D eigenvalue weighted by Crippen LogP contribution is -2.17. The van der Waals surface area contributed by atoms with Gasteiger partial charge in [0.15, 0.2) is 0 Å². The summed E-state index contributed by atoms with van der Waals surface area (Å²) in [6.07, 6.45) is 0. The minimum Gasteiger partial charge on any atom is -0.478 e. The van der Waals surface area contributed by atoms with E-state index in [0.29, 0.717) is 0 Å². The van der Waals surface area contributed by atoms with E-state index in [1.54, 1.807) is 0 Å². The molecule has 0 saturated heterocycles. The number of amides is 4. The van der Waals surface area contributed by atoms with Crippen molar-refractivity contribution in [1.82, 2.24) is 0 Å². The number of carboxylic acids is 2. The first-order valence-corrected chi connectivity index (χ1v) is 11.0. The molecule has 0 bridgehead atoms. The van der Waals surface area contributed by atoms with E-state index in [-0.39, 0.29) is 56.8 Å². The molecule has 0 unspecified atom stereocenters. The highest BCUT2D eigenvalue weighted by Crippen LogP contribution is 2.24. The van der Waals surface area contributed by atoms with Crippen LogP contribution in [-0.2, 0) is 9.59 Å². The molecule has 3 aromatic rings. The van der Waals surface area contributed by atoms with E-state index in [1.807, 2.05) is 0 Å². The van der Waals surface area contributed by atoms with Gasteiger partial charge in [-0.1, -0.05) is 0 Å². The van der Waals surface area contributed by atoms with Crippen molar-refractivity contribution in [2.75, 3.05) is 21.3 Å². The molecule has 3 aromatic carbocycles. The fourth-order valence-corrected chi connectivity index (χ4v) is 3.39. The van der Waals surface area contributed by atoms with Gasteiger partial charge in [0, 0.05) is 36.3 Å². The smallest absolute Gasteiger partial charge is 0.337 e. The third kappa shape index (κ3) is 6.79. The van der Waals surface area contributed by atoms with Crippen molar-refractivity contribution in [3.63, 3.8) is 0 Å². The van der Waals surface area contributed by atoms with Gasteiger partial charge in [0.2, 0.25) is 11.8 Å². The average Bonchev–Trinajstić information content (AvgIpc) is 2.83. The quantitative estimate of drug-likeness (QED) is 0.261. The third-order valence-electron chi connectivity index (χ3n) is 5.05. The van der Waals surface area contributed by atoms with Crippen molar-refractivity contribution in [1.29, 1.82) is 0 Å². The number of carbonyl (C=O) groups excluding carboxylic acids is 4. The Bertz CT molecular complexity index is 1350. The van der Waals surface area contributed by atoms with Crippen molar-refractivity contribution < 1.29 is 39.0 Å². The number of rotatable bonds is 8. The summed E-state index contributed by atoms with van der Waals surface area (Å²) in [7, 11) is 0. The molecule has 3 rings (SSSR count). The van der Waals surface area contributed by atoms with E-state index < -0.39 is 23.8 Å². The second-order valence-corrected chi connectivity index (χ2v) is 7.98. The normalized spacial score (nSPS) is 10.2. The van der Waals surface area contributed by atoms with Gasteiger partial charge < -0.3 is 31.5 Å². The van der Waals surface area contributed by atoms with Crippen molar-refractivity contribution in [3.8, 4) is 0 Å². The highest BCUT2D eigenvalue weighted by atomic mass is 16.4. The number of carboxylic acid groups (broad SMARTS) is 2. The Hall–Kier alpha value is -5.52. The molecule has 0 aliphatic rings. The maximum Gasteiger partial charge on any atom is 0.337 e. The molecule has 0 aromatic heterocycles. The van der Waals surface area contributed by atoms with Crippen LogP contribution in [0.5, 0.6) is 0 Å². The SMILES string of the molecule is CC(=O)Nc1ccc(C(=O)O)c(NC(=O)c2ccc(C(=O)Nc3cc(NC(C)=O)ccc3C(=O)O)cc2)c1. The molecule has 38 heavy (non-hydrogen) atoms. The summed E-state index contributed by atoms with van der Waals surface area (Å²) in [5.41, 5.74) is 0.287. The molecule has 12 heteroatoms. The van der Waals surface area contributed by atoms with Crippen molar-refractivity contribution >= 4 is 58.3 Å². The summed E-state index contributed by atoms with van der Waals surface area (Å²) in [5, 5.41) is 28.8. The zero-order chi connectivity index (χ0) is 28.0. The maximum absolute atomic E-state index is 12.7. The van der Waals surface area contributed by atoms with Gasteiger partial charge in [0.1, 0.15) is 0 Å². The Balaban J connectivity index is 1.79. The Kier molecular flexibility index (Phi) is 8.18. The Morgan fingerprint density at radius 3 is 1.16 bits per heavy atom. The Morgan fingerprint density at radius 1 is 0.526 bits per heavy atom. The van der Waals surface area contributed by atoms with E-state index in [9.17, 15) is 39.0 Å². The standard InChI is InChI=1S/C26H22N4O8/c1-13(31)27-17-7-9-19(25(35)36)21(11-17)29-23(33)15-3-5-16(6-4-15)24(34)30-22-12-18(28-14(2)32)8-10-20(22)26(37)38/h3-12H,1-2H3,(H,27,31)(H,28,32)(H,29,33)(H,30,34)(H,35,36)(H,37,38).